The van der Waals surface area contributed by atoms with Crippen molar-refractivity contribution >= 4 is 39.9 Å². The van der Waals surface area contributed by atoms with E-state index >= 15 is 0 Å². The van der Waals surface area contributed by atoms with Crippen molar-refractivity contribution in [3.63, 3.8) is 0 Å². The Morgan fingerprint density at radius 3 is 2.89 bits per heavy atom. The first-order chi connectivity index (χ1) is 8.50. The summed E-state index contributed by atoms with van der Waals surface area (Å²) >= 11 is 2.01. The number of ether oxygens (including phenoxy) is 1. The molecule has 0 radical (unpaired) electrons. The zero-order valence-electron chi connectivity index (χ0n) is 9.39. The van der Waals surface area contributed by atoms with Crippen molar-refractivity contribution in [2.24, 2.45) is 5.73 Å². The minimum absolute atomic E-state index is 0.0109. The zero-order valence-corrected chi connectivity index (χ0v) is 11.5. The Morgan fingerprint density at radius 2 is 2.28 bits per heavy atom. The van der Waals surface area contributed by atoms with E-state index in [1.54, 1.807) is 12.1 Å². The SMILES string of the molecule is NC(=O)COCCNc1ccc(I)cc1[N+](=O)[O-]. The van der Waals surface area contributed by atoms with Crippen LogP contribution in [0.15, 0.2) is 18.2 Å². The number of rotatable bonds is 7. The van der Waals surface area contributed by atoms with Crippen molar-refractivity contribution in [1.29, 1.82) is 0 Å². The third-order valence-electron chi connectivity index (χ3n) is 1.96. The quantitative estimate of drug-likeness (QED) is 0.326. The van der Waals surface area contributed by atoms with Crippen LogP contribution in [0.25, 0.3) is 0 Å². The molecule has 98 valence electrons. The van der Waals surface area contributed by atoms with Crippen LogP contribution in [0.4, 0.5) is 11.4 Å². The molecule has 0 aromatic heterocycles. The molecule has 3 N–H and O–H groups in total. The van der Waals surface area contributed by atoms with E-state index in [0.717, 1.165) is 3.57 Å². The maximum atomic E-state index is 10.8. The van der Waals surface area contributed by atoms with Gasteiger partial charge in [0, 0.05) is 16.2 Å². The van der Waals surface area contributed by atoms with Gasteiger partial charge in [0.1, 0.15) is 12.3 Å². The van der Waals surface area contributed by atoms with E-state index in [1.165, 1.54) is 6.07 Å². The lowest BCUT2D eigenvalue weighted by molar-refractivity contribution is -0.384. The average Bonchev–Trinajstić information content (AvgIpc) is 2.29. The summed E-state index contributed by atoms with van der Waals surface area (Å²) in [5, 5.41) is 13.7. The summed E-state index contributed by atoms with van der Waals surface area (Å²) in [6.07, 6.45) is 0. The van der Waals surface area contributed by atoms with E-state index in [0.29, 0.717) is 12.2 Å². The predicted octanol–water partition coefficient (Wildman–Crippen LogP) is 1.11. The second-order valence-corrected chi connectivity index (χ2v) is 4.61. The molecule has 0 atom stereocenters. The minimum Gasteiger partial charge on any atom is -0.377 e. The number of nitrogens with two attached hydrogens (primary N) is 1. The molecule has 1 aromatic carbocycles. The molecule has 0 heterocycles. The molecule has 1 amide bonds. The summed E-state index contributed by atoms with van der Waals surface area (Å²) < 4.78 is 5.72. The fourth-order valence-corrected chi connectivity index (χ4v) is 1.71. The van der Waals surface area contributed by atoms with Crippen LogP contribution in [0.5, 0.6) is 0 Å². The highest BCUT2D eigenvalue weighted by Gasteiger charge is 2.13. The summed E-state index contributed by atoms with van der Waals surface area (Å²) in [4.78, 5) is 20.8. The molecule has 0 aliphatic carbocycles. The molecule has 8 heteroatoms. The molecular formula is C10H12IN3O4. The largest absolute Gasteiger partial charge is 0.377 e. The standard InChI is InChI=1S/C10H12IN3O4/c11-7-1-2-8(9(5-7)14(16)17)13-3-4-18-6-10(12)15/h1-2,5,13H,3-4,6H2,(H2,12,15). The van der Waals surface area contributed by atoms with Crippen molar-refractivity contribution in [3.8, 4) is 0 Å². The van der Waals surface area contributed by atoms with E-state index in [2.05, 4.69) is 5.32 Å². The summed E-state index contributed by atoms with van der Waals surface area (Å²) in [7, 11) is 0. The number of carbonyl (C=O) groups is 1. The van der Waals surface area contributed by atoms with Gasteiger partial charge in [-0.25, -0.2) is 0 Å². The van der Waals surface area contributed by atoms with Gasteiger partial charge in [-0.1, -0.05) is 0 Å². The first-order valence-electron chi connectivity index (χ1n) is 5.04. The van der Waals surface area contributed by atoms with E-state index < -0.39 is 10.8 Å². The monoisotopic (exact) mass is 365 g/mol. The number of halogens is 1. The van der Waals surface area contributed by atoms with Crippen molar-refractivity contribution in [1.82, 2.24) is 0 Å². The molecule has 0 fully saturated rings. The minimum atomic E-state index is -0.546. The number of primary amides is 1. The summed E-state index contributed by atoms with van der Waals surface area (Å²) in [6, 6.07) is 4.88. The van der Waals surface area contributed by atoms with Gasteiger partial charge in [-0.05, 0) is 34.7 Å². The van der Waals surface area contributed by atoms with Crippen LogP contribution in [0.2, 0.25) is 0 Å². The second kappa shape index (κ2) is 7.11. The first-order valence-corrected chi connectivity index (χ1v) is 6.12. The number of nitrogens with zero attached hydrogens (tertiary/aromatic N) is 1. The lowest BCUT2D eigenvalue weighted by Gasteiger charge is -2.07. The molecule has 0 bridgehead atoms. The molecule has 0 spiro atoms. The molecule has 18 heavy (non-hydrogen) atoms. The van der Waals surface area contributed by atoms with Gasteiger partial charge in [-0.15, -0.1) is 0 Å². The Bertz CT molecular complexity index is 453. The number of hydrogen-bond acceptors (Lipinski definition) is 5. The molecule has 1 aromatic rings. The van der Waals surface area contributed by atoms with E-state index in [-0.39, 0.29) is 18.9 Å². The highest BCUT2D eigenvalue weighted by molar-refractivity contribution is 14.1. The number of anilines is 1. The maximum absolute atomic E-state index is 10.8. The first kappa shape index (κ1) is 14.6. The average molecular weight is 365 g/mol. The van der Waals surface area contributed by atoms with Gasteiger partial charge in [-0.3, -0.25) is 14.9 Å². The van der Waals surface area contributed by atoms with Gasteiger partial charge in [0.15, 0.2) is 0 Å². The third kappa shape index (κ3) is 4.84. The number of hydrogen-bond donors (Lipinski definition) is 2. The summed E-state index contributed by atoms with van der Waals surface area (Å²) in [6.45, 7) is 0.442. The van der Waals surface area contributed by atoms with E-state index in [1.807, 2.05) is 22.6 Å². The summed E-state index contributed by atoms with van der Waals surface area (Å²) in [5.41, 5.74) is 5.32. The van der Waals surface area contributed by atoms with Crippen LogP contribution in [0.1, 0.15) is 0 Å². The predicted molar refractivity (Wildman–Crippen MR) is 74.3 cm³/mol. The zero-order chi connectivity index (χ0) is 13.5. The van der Waals surface area contributed by atoms with Gasteiger partial charge in [0.05, 0.1) is 11.5 Å². The van der Waals surface area contributed by atoms with Crippen LogP contribution in [-0.4, -0.2) is 30.6 Å². The Kier molecular flexibility index (Phi) is 5.78. The Hall–Kier alpha value is -1.42. The Labute approximate surface area is 117 Å². The molecule has 1 rings (SSSR count). The molecular weight excluding hydrogens is 353 g/mol. The molecule has 0 unspecified atom stereocenters. The highest BCUT2D eigenvalue weighted by atomic mass is 127. The molecule has 0 saturated heterocycles. The number of carbonyl (C=O) groups excluding carboxylic acids is 1. The lowest BCUT2D eigenvalue weighted by Crippen LogP contribution is -2.20. The lowest BCUT2D eigenvalue weighted by atomic mass is 10.2. The smallest absolute Gasteiger partial charge is 0.293 e. The Morgan fingerprint density at radius 1 is 1.56 bits per heavy atom. The number of nitro benzene ring substituents is 1. The van der Waals surface area contributed by atoms with Crippen LogP contribution in [0.3, 0.4) is 0 Å². The Balaban J connectivity index is 2.51. The van der Waals surface area contributed by atoms with Gasteiger partial charge in [-0.2, -0.15) is 0 Å². The third-order valence-corrected chi connectivity index (χ3v) is 2.63. The maximum Gasteiger partial charge on any atom is 0.293 e. The van der Waals surface area contributed by atoms with Gasteiger partial charge in [0.2, 0.25) is 5.91 Å². The highest BCUT2D eigenvalue weighted by Crippen LogP contribution is 2.25. The molecule has 0 aliphatic heterocycles. The van der Waals surface area contributed by atoms with Crippen LogP contribution in [0, 0.1) is 13.7 Å². The number of nitrogens with one attached hydrogen (secondary N) is 1. The molecule has 0 saturated carbocycles. The van der Waals surface area contributed by atoms with Crippen LogP contribution in [-0.2, 0) is 9.53 Å². The van der Waals surface area contributed by atoms with Gasteiger partial charge in [0.25, 0.3) is 5.69 Å². The van der Waals surface area contributed by atoms with Crippen LogP contribution >= 0.6 is 22.6 Å². The van der Waals surface area contributed by atoms with Crippen molar-refractivity contribution < 1.29 is 14.5 Å². The number of amides is 1. The number of benzene rings is 1. The van der Waals surface area contributed by atoms with E-state index in [4.69, 9.17) is 10.5 Å². The van der Waals surface area contributed by atoms with Crippen molar-refractivity contribution in [2.45, 2.75) is 0 Å². The van der Waals surface area contributed by atoms with Gasteiger partial charge >= 0.3 is 0 Å². The van der Waals surface area contributed by atoms with Crippen molar-refractivity contribution in [2.75, 3.05) is 25.1 Å². The van der Waals surface area contributed by atoms with Crippen LogP contribution < -0.4 is 11.1 Å². The fraction of sp³-hybridized carbons (Fsp3) is 0.300. The fourth-order valence-electron chi connectivity index (χ4n) is 1.24. The molecule has 0 aliphatic rings. The second-order valence-electron chi connectivity index (χ2n) is 3.36. The van der Waals surface area contributed by atoms with E-state index in [9.17, 15) is 14.9 Å². The number of nitro groups is 1. The topological polar surface area (TPSA) is 107 Å². The molecule has 7 nitrogen and oxygen atoms in total. The normalized spacial score (nSPS) is 10.1. The van der Waals surface area contributed by atoms with Crippen molar-refractivity contribution in [3.05, 3.63) is 31.9 Å². The summed E-state index contributed by atoms with van der Waals surface area (Å²) in [5.74, 6) is -0.546. The van der Waals surface area contributed by atoms with Gasteiger partial charge < -0.3 is 15.8 Å².